The molecule has 0 fully saturated rings. The molecule has 0 saturated carbocycles. The third-order valence-corrected chi connectivity index (χ3v) is 1.74. The Kier molecular flexibility index (Phi) is 3.19. The Morgan fingerprint density at radius 3 is 2.79 bits per heavy atom. The molecule has 0 amide bonds. The monoisotopic (exact) mass is 188 g/mol. The maximum atomic E-state index is 8.77. The minimum absolute atomic E-state index is 0.576. The summed E-state index contributed by atoms with van der Waals surface area (Å²) in [5, 5.41) is 13.7. The summed E-state index contributed by atoms with van der Waals surface area (Å²) in [6.45, 7) is 4.00. The standard InChI is InChI=1S/C8H6N4.C2H6/c1-12-8(4-9)6-2-3-10-5-7(6)11-12;1-2/h2-3,5H,1H3;1-2H3. The van der Waals surface area contributed by atoms with Gasteiger partial charge in [-0.05, 0) is 6.07 Å². The van der Waals surface area contributed by atoms with E-state index in [1.807, 2.05) is 13.8 Å². The number of aryl methyl sites for hydroxylation is 1. The lowest BCUT2D eigenvalue weighted by molar-refractivity contribution is 0.767. The topological polar surface area (TPSA) is 54.5 Å². The lowest BCUT2D eigenvalue weighted by Gasteiger charge is -1.86. The van der Waals surface area contributed by atoms with Crippen molar-refractivity contribution >= 4 is 10.9 Å². The molecule has 0 atom stereocenters. The molecule has 4 heteroatoms. The molecule has 0 unspecified atom stereocenters. The van der Waals surface area contributed by atoms with Crippen molar-refractivity contribution in [1.29, 1.82) is 5.26 Å². The zero-order valence-electron chi connectivity index (χ0n) is 8.52. The lowest BCUT2D eigenvalue weighted by atomic mass is 10.2. The number of pyridine rings is 1. The smallest absolute Gasteiger partial charge is 0.146 e. The Morgan fingerprint density at radius 1 is 1.43 bits per heavy atom. The largest absolute Gasteiger partial charge is 0.262 e. The fraction of sp³-hybridized carbons (Fsp3) is 0.300. The second kappa shape index (κ2) is 4.38. The van der Waals surface area contributed by atoms with Gasteiger partial charge >= 0.3 is 0 Å². The van der Waals surface area contributed by atoms with Crippen molar-refractivity contribution in [3.05, 3.63) is 24.2 Å². The molecule has 4 nitrogen and oxygen atoms in total. The summed E-state index contributed by atoms with van der Waals surface area (Å²) in [5.74, 6) is 0. The van der Waals surface area contributed by atoms with Gasteiger partial charge < -0.3 is 0 Å². The summed E-state index contributed by atoms with van der Waals surface area (Å²) in [7, 11) is 1.75. The normalized spacial score (nSPS) is 9.00. The van der Waals surface area contributed by atoms with Crippen LogP contribution < -0.4 is 0 Å². The van der Waals surface area contributed by atoms with E-state index >= 15 is 0 Å². The van der Waals surface area contributed by atoms with Crippen LogP contribution in [0.2, 0.25) is 0 Å². The summed E-state index contributed by atoms with van der Waals surface area (Å²) >= 11 is 0. The summed E-state index contributed by atoms with van der Waals surface area (Å²) in [6.07, 6.45) is 3.31. The van der Waals surface area contributed by atoms with Gasteiger partial charge in [-0.2, -0.15) is 10.4 Å². The molecule has 2 heterocycles. The third-order valence-electron chi connectivity index (χ3n) is 1.74. The van der Waals surface area contributed by atoms with Crippen LogP contribution in [0.1, 0.15) is 19.5 Å². The summed E-state index contributed by atoms with van der Waals surface area (Å²) < 4.78 is 1.56. The molecular weight excluding hydrogens is 176 g/mol. The Bertz CT molecular complexity index is 464. The van der Waals surface area contributed by atoms with E-state index in [0.29, 0.717) is 5.69 Å². The minimum Gasteiger partial charge on any atom is -0.262 e. The van der Waals surface area contributed by atoms with Gasteiger partial charge in [0, 0.05) is 18.6 Å². The average Bonchev–Trinajstić information content (AvgIpc) is 2.56. The fourth-order valence-electron chi connectivity index (χ4n) is 1.18. The molecule has 0 aromatic carbocycles. The summed E-state index contributed by atoms with van der Waals surface area (Å²) in [4.78, 5) is 3.92. The molecule has 0 spiro atoms. The van der Waals surface area contributed by atoms with Gasteiger partial charge in [0.05, 0.1) is 6.20 Å². The molecule has 0 bridgehead atoms. The number of nitrogens with zero attached hydrogens (tertiary/aromatic N) is 4. The fourth-order valence-corrected chi connectivity index (χ4v) is 1.18. The molecule has 0 aliphatic heterocycles. The molecular formula is C10H12N4. The van der Waals surface area contributed by atoms with E-state index in [0.717, 1.165) is 10.9 Å². The molecule has 14 heavy (non-hydrogen) atoms. The summed E-state index contributed by atoms with van der Waals surface area (Å²) in [6, 6.07) is 3.88. The van der Waals surface area contributed by atoms with Gasteiger partial charge in [0.25, 0.3) is 0 Å². The van der Waals surface area contributed by atoms with Gasteiger partial charge in [0.15, 0.2) is 0 Å². The maximum absolute atomic E-state index is 8.77. The van der Waals surface area contributed by atoms with Crippen LogP contribution in [-0.2, 0) is 7.05 Å². The molecule has 0 N–H and O–H groups in total. The second-order valence-electron chi connectivity index (χ2n) is 2.48. The SMILES string of the molecule is CC.Cn1nc2cnccc2c1C#N. The number of nitriles is 1. The predicted octanol–water partition coefficient (Wildman–Crippen LogP) is 1.87. The Labute approximate surface area is 82.8 Å². The van der Waals surface area contributed by atoms with E-state index in [1.54, 1.807) is 30.2 Å². The van der Waals surface area contributed by atoms with Crippen molar-refractivity contribution in [2.24, 2.45) is 7.05 Å². The number of aromatic nitrogens is 3. The van der Waals surface area contributed by atoms with E-state index in [4.69, 9.17) is 5.26 Å². The van der Waals surface area contributed by atoms with Crippen LogP contribution in [-0.4, -0.2) is 14.8 Å². The van der Waals surface area contributed by atoms with Gasteiger partial charge in [0.2, 0.25) is 0 Å². The number of hydrogen-bond donors (Lipinski definition) is 0. The van der Waals surface area contributed by atoms with Crippen molar-refractivity contribution in [3.8, 4) is 6.07 Å². The highest BCUT2D eigenvalue weighted by Crippen LogP contribution is 2.14. The number of hydrogen-bond acceptors (Lipinski definition) is 3. The zero-order chi connectivity index (χ0) is 10.6. The minimum atomic E-state index is 0.576. The van der Waals surface area contributed by atoms with E-state index in [2.05, 4.69) is 16.2 Å². The predicted molar refractivity (Wildman–Crippen MR) is 54.6 cm³/mol. The van der Waals surface area contributed by atoms with Crippen LogP contribution in [0.15, 0.2) is 18.5 Å². The highest BCUT2D eigenvalue weighted by molar-refractivity contribution is 5.82. The van der Waals surface area contributed by atoms with Crippen LogP contribution in [0.3, 0.4) is 0 Å². The Hall–Kier alpha value is -1.89. The van der Waals surface area contributed by atoms with E-state index in [-0.39, 0.29) is 0 Å². The molecule has 0 aliphatic rings. The molecule has 0 radical (unpaired) electrons. The molecule has 2 rings (SSSR count). The summed E-state index contributed by atoms with van der Waals surface area (Å²) in [5.41, 5.74) is 1.34. The zero-order valence-corrected chi connectivity index (χ0v) is 8.52. The molecule has 2 aromatic heterocycles. The van der Waals surface area contributed by atoms with E-state index in [1.165, 1.54) is 0 Å². The Balaban J connectivity index is 0.000000461. The first kappa shape index (κ1) is 10.2. The first-order chi connectivity index (χ1) is 6.83. The van der Waals surface area contributed by atoms with Crippen molar-refractivity contribution in [2.75, 3.05) is 0 Å². The first-order valence-electron chi connectivity index (χ1n) is 4.50. The van der Waals surface area contributed by atoms with Crippen molar-refractivity contribution in [3.63, 3.8) is 0 Å². The van der Waals surface area contributed by atoms with Crippen LogP contribution >= 0.6 is 0 Å². The van der Waals surface area contributed by atoms with Crippen LogP contribution in [0.4, 0.5) is 0 Å². The third kappa shape index (κ3) is 1.57. The van der Waals surface area contributed by atoms with Gasteiger partial charge in [-0.3, -0.25) is 9.67 Å². The molecule has 72 valence electrons. The Morgan fingerprint density at radius 2 is 2.14 bits per heavy atom. The lowest BCUT2D eigenvalue weighted by Crippen LogP contribution is -1.92. The van der Waals surface area contributed by atoms with Crippen molar-refractivity contribution in [2.45, 2.75) is 13.8 Å². The highest BCUT2D eigenvalue weighted by atomic mass is 15.3. The molecule has 0 aliphatic carbocycles. The van der Waals surface area contributed by atoms with E-state index in [9.17, 15) is 0 Å². The highest BCUT2D eigenvalue weighted by Gasteiger charge is 2.05. The maximum Gasteiger partial charge on any atom is 0.146 e. The van der Waals surface area contributed by atoms with Gasteiger partial charge in [-0.1, -0.05) is 13.8 Å². The van der Waals surface area contributed by atoms with Gasteiger partial charge in [-0.15, -0.1) is 0 Å². The van der Waals surface area contributed by atoms with Crippen LogP contribution in [0.25, 0.3) is 10.9 Å². The van der Waals surface area contributed by atoms with Crippen LogP contribution in [0.5, 0.6) is 0 Å². The van der Waals surface area contributed by atoms with Crippen molar-refractivity contribution in [1.82, 2.24) is 14.8 Å². The number of rotatable bonds is 0. The van der Waals surface area contributed by atoms with Crippen LogP contribution in [0, 0.1) is 11.3 Å². The first-order valence-corrected chi connectivity index (χ1v) is 4.50. The number of fused-ring (bicyclic) bond motifs is 1. The van der Waals surface area contributed by atoms with Crippen molar-refractivity contribution < 1.29 is 0 Å². The van der Waals surface area contributed by atoms with E-state index < -0.39 is 0 Å². The second-order valence-corrected chi connectivity index (χ2v) is 2.48. The quantitative estimate of drug-likeness (QED) is 0.634. The molecule has 0 saturated heterocycles. The molecule has 2 aromatic rings. The van der Waals surface area contributed by atoms with Gasteiger partial charge in [-0.25, -0.2) is 0 Å². The van der Waals surface area contributed by atoms with Gasteiger partial charge in [0.1, 0.15) is 17.3 Å². The average molecular weight is 188 g/mol.